The van der Waals surface area contributed by atoms with Crippen molar-refractivity contribution in [3.8, 4) is 0 Å². The van der Waals surface area contributed by atoms with E-state index in [2.05, 4.69) is 33.8 Å². The summed E-state index contributed by atoms with van der Waals surface area (Å²) >= 11 is 1.68. The first kappa shape index (κ1) is 15.3. The first-order chi connectivity index (χ1) is 11.7. The summed E-state index contributed by atoms with van der Waals surface area (Å²) in [5, 5.41) is 8.11. The molecule has 0 aliphatic heterocycles. The summed E-state index contributed by atoms with van der Waals surface area (Å²) in [6, 6.07) is 8.63. The molecule has 124 valence electrons. The van der Waals surface area contributed by atoms with Crippen LogP contribution >= 0.6 is 11.8 Å². The molecule has 0 saturated heterocycles. The molecule has 1 aliphatic carbocycles. The van der Waals surface area contributed by atoms with Crippen molar-refractivity contribution in [2.24, 2.45) is 0 Å². The standard InChI is InChI=1S/C18H19N3O2S/c1-3-23-18(22)16-9-17(11(2)21(16)13-4-5-13)24-14-6-7-15-12(8-14)10-19-20-15/h6-10,13H,3-5H2,1-2H3,(H,19,20). The Bertz CT molecular complexity index is 908. The third kappa shape index (κ3) is 2.71. The van der Waals surface area contributed by atoms with Crippen LogP contribution in [0.25, 0.3) is 10.9 Å². The van der Waals surface area contributed by atoms with E-state index in [0.717, 1.165) is 39.2 Å². The number of hydrogen-bond donors (Lipinski definition) is 1. The molecule has 4 rings (SSSR count). The molecule has 1 aliphatic rings. The third-order valence-corrected chi connectivity index (χ3v) is 5.40. The molecular weight excluding hydrogens is 322 g/mol. The molecular formula is C18H19N3O2S. The van der Waals surface area contributed by atoms with E-state index in [1.54, 1.807) is 11.8 Å². The zero-order valence-corrected chi connectivity index (χ0v) is 14.5. The maximum absolute atomic E-state index is 12.3. The molecule has 2 aromatic heterocycles. The summed E-state index contributed by atoms with van der Waals surface area (Å²) in [6.45, 7) is 4.32. The molecule has 2 heterocycles. The van der Waals surface area contributed by atoms with E-state index in [1.807, 2.05) is 25.3 Å². The number of H-pyrrole nitrogens is 1. The Balaban J connectivity index is 1.69. The predicted molar refractivity (Wildman–Crippen MR) is 93.6 cm³/mol. The molecule has 5 nitrogen and oxygen atoms in total. The molecule has 6 heteroatoms. The van der Waals surface area contributed by atoms with Crippen LogP contribution in [0.1, 0.15) is 42.0 Å². The van der Waals surface area contributed by atoms with Crippen molar-refractivity contribution < 1.29 is 9.53 Å². The highest BCUT2D eigenvalue weighted by atomic mass is 32.2. The summed E-state index contributed by atoms with van der Waals surface area (Å²) in [5.74, 6) is -0.232. The molecule has 1 aromatic carbocycles. The van der Waals surface area contributed by atoms with Gasteiger partial charge in [0.1, 0.15) is 5.69 Å². The maximum atomic E-state index is 12.3. The Hall–Kier alpha value is -2.21. The first-order valence-corrected chi connectivity index (χ1v) is 8.99. The van der Waals surface area contributed by atoms with Crippen molar-refractivity contribution >= 4 is 28.6 Å². The number of fused-ring (bicyclic) bond motifs is 1. The van der Waals surface area contributed by atoms with Crippen LogP contribution in [0.15, 0.2) is 40.3 Å². The van der Waals surface area contributed by atoms with E-state index in [-0.39, 0.29) is 5.97 Å². The van der Waals surface area contributed by atoms with Crippen molar-refractivity contribution in [1.82, 2.24) is 14.8 Å². The lowest BCUT2D eigenvalue weighted by atomic mass is 10.3. The van der Waals surface area contributed by atoms with Gasteiger partial charge in [0.05, 0.1) is 18.3 Å². The highest BCUT2D eigenvalue weighted by molar-refractivity contribution is 7.99. The van der Waals surface area contributed by atoms with Crippen LogP contribution in [0.4, 0.5) is 0 Å². The predicted octanol–water partition coefficient (Wildman–Crippen LogP) is 4.34. The minimum absolute atomic E-state index is 0.232. The van der Waals surface area contributed by atoms with Crippen molar-refractivity contribution in [3.63, 3.8) is 0 Å². The van der Waals surface area contributed by atoms with Crippen molar-refractivity contribution in [3.05, 3.63) is 41.9 Å². The Labute approximate surface area is 144 Å². The third-order valence-electron chi connectivity index (χ3n) is 4.28. The smallest absolute Gasteiger partial charge is 0.354 e. The number of nitrogens with one attached hydrogen (secondary N) is 1. The highest BCUT2D eigenvalue weighted by Gasteiger charge is 2.31. The number of aromatic nitrogens is 3. The fourth-order valence-corrected chi connectivity index (χ4v) is 3.97. The minimum atomic E-state index is -0.232. The van der Waals surface area contributed by atoms with Gasteiger partial charge in [-0.2, -0.15) is 5.10 Å². The lowest BCUT2D eigenvalue weighted by molar-refractivity contribution is 0.0513. The SMILES string of the molecule is CCOC(=O)c1cc(Sc2ccc3[nH]ncc3c2)c(C)n1C1CC1. The second-order valence-corrected chi connectivity index (χ2v) is 7.14. The fraction of sp³-hybridized carbons (Fsp3) is 0.333. The van der Waals surface area contributed by atoms with Crippen LogP contribution in [0.2, 0.25) is 0 Å². The number of hydrogen-bond acceptors (Lipinski definition) is 4. The van der Waals surface area contributed by atoms with Crippen molar-refractivity contribution in [2.45, 2.75) is 42.5 Å². The Morgan fingerprint density at radius 2 is 2.25 bits per heavy atom. The van der Waals surface area contributed by atoms with Crippen LogP contribution in [-0.2, 0) is 4.74 Å². The van der Waals surface area contributed by atoms with Gasteiger partial charge in [-0.25, -0.2) is 4.79 Å². The highest BCUT2D eigenvalue weighted by Crippen LogP contribution is 2.42. The number of rotatable bonds is 5. The average Bonchev–Trinajstić information content (AvgIpc) is 3.20. The minimum Gasteiger partial charge on any atom is -0.461 e. The van der Waals surface area contributed by atoms with Gasteiger partial charge in [-0.15, -0.1) is 0 Å². The molecule has 0 radical (unpaired) electrons. The summed E-state index contributed by atoms with van der Waals surface area (Å²) in [4.78, 5) is 14.5. The van der Waals surface area contributed by atoms with E-state index in [0.29, 0.717) is 18.3 Å². The van der Waals surface area contributed by atoms with E-state index in [1.165, 1.54) is 0 Å². The Kier molecular flexibility index (Phi) is 3.84. The van der Waals surface area contributed by atoms with Gasteiger partial charge in [0, 0.05) is 26.9 Å². The van der Waals surface area contributed by atoms with Gasteiger partial charge in [-0.3, -0.25) is 5.10 Å². The molecule has 0 amide bonds. The summed E-state index contributed by atoms with van der Waals surface area (Å²) < 4.78 is 7.38. The van der Waals surface area contributed by atoms with Gasteiger partial charge in [0.25, 0.3) is 0 Å². The number of carbonyl (C=O) groups excluding carboxylic acids is 1. The Morgan fingerprint density at radius 1 is 1.42 bits per heavy atom. The van der Waals surface area contributed by atoms with Crippen LogP contribution in [0.3, 0.4) is 0 Å². The van der Waals surface area contributed by atoms with Crippen LogP contribution in [0.5, 0.6) is 0 Å². The number of aromatic amines is 1. The van der Waals surface area contributed by atoms with Crippen molar-refractivity contribution in [2.75, 3.05) is 6.61 Å². The van der Waals surface area contributed by atoms with Crippen LogP contribution in [-0.4, -0.2) is 27.3 Å². The van der Waals surface area contributed by atoms with Gasteiger partial charge in [0.15, 0.2) is 0 Å². The normalized spacial score (nSPS) is 14.2. The number of benzene rings is 1. The first-order valence-electron chi connectivity index (χ1n) is 8.17. The van der Waals surface area contributed by atoms with E-state index < -0.39 is 0 Å². The summed E-state index contributed by atoms with van der Waals surface area (Å²) in [5.41, 5.74) is 2.83. The molecule has 1 fully saturated rings. The molecule has 1 N–H and O–H groups in total. The van der Waals surface area contributed by atoms with Gasteiger partial charge < -0.3 is 9.30 Å². The van der Waals surface area contributed by atoms with Gasteiger partial charge >= 0.3 is 5.97 Å². The van der Waals surface area contributed by atoms with Crippen LogP contribution < -0.4 is 0 Å². The molecule has 1 saturated carbocycles. The van der Waals surface area contributed by atoms with E-state index in [4.69, 9.17) is 4.74 Å². The zero-order chi connectivity index (χ0) is 16.7. The largest absolute Gasteiger partial charge is 0.461 e. The van der Waals surface area contributed by atoms with E-state index in [9.17, 15) is 4.79 Å². The number of esters is 1. The van der Waals surface area contributed by atoms with Gasteiger partial charge in [-0.05, 0) is 51.0 Å². The zero-order valence-electron chi connectivity index (χ0n) is 13.7. The fourth-order valence-electron chi connectivity index (χ4n) is 2.98. The number of ether oxygens (including phenoxy) is 1. The lowest BCUT2D eigenvalue weighted by Crippen LogP contribution is -2.12. The second-order valence-electron chi connectivity index (χ2n) is 6.02. The van der Waals surface area contributed by atoms with Gasteiger partial charge in [0.2, 0.25) is 0 Å². The summed E-state index contributed by atoms with van der Waals surface area (Å²) in [6.07, 6.45) is 4.09. The van der Waals surface area contributed by atoms with E-state index >= 15 is 0 Å². The molecule has 0 unspecified atom stereocenters. The lowest BCUT2D eigenvalue weighted by Gasteiger charge is -2.09. The maximum Gasteiger partial charge on any atom is 0.354 e. The average molecular weight is 341 g/mol. The number of nitrogens with zero attached hydrogens (tertiary/aromatic N) is 2. The molecule has 0 spiro atoms. The summed E-state index contributed by atoms with van der Waals surface area (Å²) in [7, 11) is 0. The quantitative estimate of drug-likeness (QED) is 0.702. The van der Waals surface area contributed by atoms with Gasteiger partial charge in [-0.1, -0.05) is 11.8 Å². The van der Waals surface area contributed by atoms with Crippen LogP contribution in [0, 0.1) is 6.92 Å². The van der Waals surface area contributed by atoms with Crippen molar-refractivity contribution in [1.29, 1.82) is 0 Å². The molecule has 24 heavy (non-hydrogen) atoms. The molecule has 0 atom stereocenters. The topological polar surface area (TPSA) is 59.9 Å². The Morgan fingerprint density at radius 3 is 3.00 bits per heavy atom. The monoisotopic (exact) mass is 341 g/mol. The molecule has 3 aromatic rings. The number of carbonyl (C=O) groups is 1. The molecule has 0 bridgehead atoms. The second kappa shape index (κ2) is 6.02.